The Morgan fingerprint density at radius 3 is 1.25 bits per heavy atom. The van der Waals surface area contributed by atoms with E-state index in [1.165, 1.54) is 49.9 Å². The monoisotopic (exact) mass is 888 g/mol. The molecule has 0 aromatic heterocycles. The van der Waals surface area contributed by atoms with Crippen molar-refractivity contribution < 1.29 is 43.1 Å². The summed E-state index contributed by atoms with van der Waals surface area (Å²) in [5, 5.41) is 14.5. The van der Waals surface area contributed by atoms with E-state index >= 15 is 0 Å². The second-order valence-corrected chi connectivity index (χ2v) is 17.8. The lowest BCUT2D eigenvalue weighted by Gasteiger charge is -2.39. The van der Waals surface area contributed by atoms with Crippen LogP contribution in [-0.2, 0) is 30.5 Å². The van der Waals surface area contributed by atoms with Crippen LogP contribution in [0.15, 0.2) is 30.3 Å². The van der Waals surface area contributed by atoms with Crippen LogP contribution in [0.2, 0.25) is 0 Å². The minimum Gasteiger partial charge on any atom is -0.443 e. The first-order chi connectivity index (χ1) is 31.1. The number of nitrogens with one attached hydrogen (secondary N) is 1. The highest BCUT2D eigenvalue weighted by Crippen LogP contribution is 2.31. The molecule has 9 rings (SSSR count). The van der Waals surface area contributed by atoms with Crippen LogP contribution >= 0.6 is 0 Å². The Balaban J connectivity index is 0.825. The van der Waals surface area contributed by atoms with E-state index in [-0.39, 0.29) is 62.6 Å². The maximum Gasteiger partial charge on any atom is 0.429 e. The minimum atomic E-state index is -0.868. The van der Waals surface area contributed by atoms with Crippen LogP contribution in [0.4, 0.5) is 19.2 Å². The Bertz CT molecular complexity index is 1990. The summed E-state index contributed by atoms with van der Waals surface area (Å²) < 4.78 is 5.53. The van der Waals surface area contributed by atoms with Crippen molar-refractivity contribution in [3.05, 3.63) is 35.9 Å². The molecule has 4 atom stereocenters. The summed E-state index contributed by atoms with van der Waals surface area (Å²) in [5.41, 5.74) is 0.821. The van der Waals surface area contributed by atoms with E-state index in [9.17, 15) is 38.4 Å². The van der Waals surface area contributed by atoms with Crippen LogP contribution in [0.5, 0.6) is 0 Å². The number of carbonyl (C=O) groups is 8. The number of likely N-dealkylation sites (tertiary alicyclic amines) is 3. The number of nitrogens with zero attached hydrogens (tertiary/aromatic N) is 11. The van der Waals surface area contributed by atoms with Gasteiger partial charge in [-0.3, -0.25) is 19.2 Å². The molecule has 0 bridgehead atoms. The Labute approximate surface area is 372 Å². The summed E-state index contributed by atoms with van der Waals surface area (Å²) in [5.74, 6) is -1.25. The normalized spacial score (nSPS) is 26.0. The number of hydrogen-bond donors (Lipinski definition) is 1. The molecule has 21 heteroatoms. The van der Waals surface area contributed by atoms with Gasteiger partial charge in [0.1, 0.15) is 24.7 Å². The van der Waals surface area contributed by atoms with Gasteiger partial charge >= 0.3 is 24.2 Å². The fourth-order valence-corrected chi connectivity index (χ4v) is 10.7. The standard InChI is InChI=1S/C43H60N12O9/c56-36(32-14-4-18-44-32)48-22-8-26-52(48)40(60)45-19-5-15-33(45)37(57)49-23-9-27-53(49)41(61)46-20-6-16-34(46)38(58)50-24-10-28-54(50)42(62)47-21-7-17-35(47)39(59)51-25-11-29-55(51)43(63)64-30-31-12-2-1-3-13-31/h1-3,12-13,32-35,44H,4-11,14-30H2/t32-,33-,34-,35-/m0/s1. The van der Waals surface area contributed by atoms with E-state index in [0.29, 0.717) is 110 Å². The average molecular weight is 889 g/mol. The van der Waals surface area contributed by atoms with E-state index in [2.05, 4.69) is 5.32 Å². The third-order valence-electron chi connectivity index (χ3n) is 13.9. The SMILES string of the molecule is O=C(OCc1ccccc1)N1CCCN1C(=O)[C@@H]1CCCN1C(=O)N1CCCN1C(=O)[C@@H]1CCCN1C(=O)N1CCCN1C(=O)[C@@H]1CCCN1C(=O)N1CCCN1C(=O)[C@@H]1CCCN1. The van der Waals surface area contributed by atoms with Crippen LogP contribution in [0, 0.1) is 0 Å². The Kier molecular flexibility index (Phi) is 12.7. The molecule has 21 nitrogen and oxygen atoms in total. The molecule has 0 radical (unpaired) electrons. The summed E-state index contributed by atoms with van der Waals surface area (Å²) >= 11 is 0. The lowest BCUT2D eigenvalue weighted by molar-refractivity contribution is -0.148. The fourth-order valence-electron chi connectivity index (χ4n) is 10.7. The molecule has 8 fully saturated rings. The van der Waals surface area contributed by atoms with Crippen molar-refractivity contribution in [2.45, 2.75) is 108 Å². The first-order valence-electron chi connectivity index (χ1n) is 23.3. The number of benzene rings is 1. The van der Waals surface area contributed by atoms with Crippen molar-refractivity contribution in [2.75, 3.05) is 78.5 Å². The molecular weight excluding hydrogens is 829 g/mol. The molecule has 1 aromatic carbocycles. The van der Waals surface area contributed by atoms with Crippen LogP contribution in [-0.4, -0.2) is 205 Å². The molecule has 64 heavy (non-hydrogen) atoms. The van der Waals surface area contributed by atoms with Gasteiger partial charge in [-0.05, 0) is 89.2 Å². The smallest absolute Gasteiger partial charge is 0.429 e. The maximum atomic E-state index is 14.4. The van der Waals surface area contributed by atoms with Gasteiger partial charge in [0.05, 0.1) is 6.04 Å². The molecule has 0 aliphatic carbocycles. The predicted octanol–water partition coefficient (Wildman–Crippen LogP) is 1.63. The van der Waals surface area contributed by atoms with Crippen LogP contribution in [0.3, 0.4) is 0 Å². The summed E-state index contributed by atoms with van der Waals surface area (Å²) in [7, 11) is 0. The summed E-state index contributed by atoms with van der Waals surface area (Å²) in [4.78, 5) is 117. The molecule has 1 N–H and O–H groups in total. The van der Waals surface area contributed by atoms with Crippen molar-refractivity contribution in [1.29, 1.82) is 0 Å². The molecule has 346 valence electrons. The molecule has 8 heterocycles. The van der Waals surface area contributed by atoms with E-state index < -0.39 is 42.2 Å². The van der Waals surface area contributed by atoms with E-state index in [0.717, 1.165) is 24.9 Å². The van der Waals surface area contributed by atoms with Gasteiger partial charge < -0.3 is 24.8 Å². The van der Waals surface area contributed by atoms with E-state index in [1.807, 2.05) is 30.3 Å². The number of hydrazine groups is 4. The average Bonchev–Trinajstić information content (AvgIpc) is 4.18. The third-order valence-corrected chi connectivity index (χ3v) is 13.9. The quantitative estimate of drug-likeness (QED) is 0.439. The molecule has 0 saturated carbocycles. The highest BCUT2D eigenvalue weighted by Gasteiger charge is 2.49. The maximum absolute atomic E-state index is 14.4. The minimum absolute atomic E-state index is 0.0620. The Hall–Kier alpha value is -5.86. The molecule has 1 aromatic rings. The first-order valence-corrected chi connectivity index (χ1v) is 23.3. The van der Waals surface area contributed by atoms with Gasteiger partial charge in [0.25, 0.3) is 23.6 Å². The second kappa shape index (κ2) is 18.7. The largest absolute Gasteiger partial charge is 0.443 e. The number of urea groups is 3. The first kappa shape index (κ1) is 43.4. The number of ether oxygens (including phenoxy) is 1. The number of rotatable bonds is 6. The predicted molar refractivity (Wildman–Crippen MR) is 225 cm³/mol. The zero-order chi connectivity index (χ0) is 44.5. The number of carbonyl (C=O) groups excluding carboxylic acids is 8. The van der Waals surface area contributed by atoms with Crippen molar-refractivity contribution in [1.82, 2.24) is 60.1 Å². The van der Waals surface area contributed by atoms with Gasteiger partial charge in [-0.2, -0.15) is 0 Å². The van der Waals surface area contributed by atoms with Gasteiger partial charge in [0.15, 0.2) is 0 Å². The third kappa shape index (κ3) is 8.22. The van der Waals surface area contributed by atoms with Crippen molar-refractivity contribution >= 4 is 47.8 Å². The highest BCUT2D eigenvalue weighted by molar-refractivity contribution is 5.94. The van der Waals surface area contributed by atoms with E-state index in [4.69, 9.17) is 4.74 Å². The summed E-state index contributed by atoms with van der Waals surface area (Å²) in [6.07, 6.45) is 6.21. The zero-order valence-corrected chi connectivity index (χ0v) is 36.5. The van der Waals surface area contributed by atoms with Crippen molar-refractivity contribution in [3.63, 3.8) is 0 Å². The van der Waals surface area contributed by atoms with Gasteiger partial charge in [-0.15, -0.1) is 0 Å². The Morgan fingerprint density at radius 1 is 0.438 bits per heavy atom. The van der Waals surface area contributed by atoms with Crippen molar-refractivity contribution in [2.24, 2.45) is 0 Å². The van der Waals surface area contributed by atoms with Gasteiger partial charge in [-0.1, -0.05) is 30.3 Å². The molecule has 0 unspecified atom stereocenters. The van der Waals surface area contributed by atoms with Crippen LogP contribution < -0.4 is 5.32 Å². The van der Waals surface area contributed by atoms with E-state index in [1.54, 1.807) is 4.90 Å². The zero-order valence-electron chi connectivity index (χ0n) is 36.5. The summed E-state index contributed by atoms with van der Waals surface area (Å²) in [6.45, 7) is 4.30. The lowest BCUT2D eigenvalue weighted by Crippen LogP contribution is -2.61. The molecule has 8 aliphatic heterocycles. The van der Waals surface area contributed by atoms with Crippen LogP contribution in [0.25, 0.3) is 0 Å². The molecule has 8 aliphatic rings. The van der Waals surface area contributed by atoms with Crippen LogP contribution in [0.1, 0.15) is 82.6 Å². The van der Waals surface area contributed by atoms with Crippen molar-refractivity contribution in [3.8, 4) is 0 Å². The number of hydrogen-bond acceptors (Lipinski definition) is 10. The molecule has 11 amide bonds. The Morgan fingerprint density at radius 2 is 0.828 bits per heavy atom. The summed E-state index contributed by atoms with van der Waals surface area (Å²) in [6, 6.07) is 5.13. The molecular formula is C43H60N12O9. The fraction of sp³-hybridized carbons (Fsp3) is 0.674. The topological polar surface area (TPSA) is 193 Å². The highest BCUT2D eigenvalue weighted by atomic mass is 16.6. The number of amides is 11. The van der Waals surface area contributed by atoms with Gasteiger partial charge in [-0.25, -0.2) is 59.2 Å². The lowest BCUT2D eigenvalue weighted by atomic mass is 10.2. The second-order valence-electron chi connectivity index (χ2n) is 17.8. The molecule has 8 saturated heterocycles. The van der Waals surface area contributed by atoms with Gasteiger partial charge in [0.2, 0.25) is 0 Å². The molecule has 0 spiro atoms. The van der Waals surface area contributed by atoms with Gasteiger partial charge in [0, 0.05) is 72.0 Å².